The first kappa shape index (κ1) is 11.7. The van der Waals surface area contributed by atoms with Gasteiger partial charge in [-0.3, -0.25) is 9.59 Å². The van der Waals surface area contributed by atoms with Crippen LogP contribution in [-0.4, -0.2) is 48.2 Å². The van der Waals surface area contributed by atoms with E-state index in [1.807, 2.05) is 12.2 Å². The maximum Gasteiger partial charge on any atom is 0.307 e. The summed E-state index contributed by atoms with van der Waals surface area (Å²) < 4.78 is 5.22. The van der Waals surface area contributed by atoms with E-state index in [1.54, 1.807) is 4.90 Å². The lowest BCUT2D eigenvalue weighted by Crippen LogP contribution is -2.47. The van der Waals surface area contributed by atoms with Crippen LogP contribution < -0.4 is 0 Å². The Hall–Kier alpha value is -1.36. The molecule has 1 amide bonds. The molecular weight excluding hydrogens is 234 g/mol. The number of allylic oxidation sites excluding steroid dienone is 2. The Morgan fingerprint density at radius 3 is 2.33 bits per heavy atom. The Bertz CT molecular complexity index is 400. The first-order chi connectivity index (χ1) is 8.68. The van der Waals surface area contributed by atoms with Crippen LogP contribution in [0.4, 0.5) is 0 Å². The fourth-order valence-corrected chi connectivity index (χ4v) is 3.49. The Morgan fingerprint density at radius 1 is 1.11 bits per heavy atom. The molecule has 0 radical (unpaired) electrons. The van der Waals surface area contributed by atoms with Crippen molar-refractivity contribution in [3.8, 4) is 0 Å². The third-order valence-electron chi connectivity index (χ3n) is 4.35. The number of hydrogen-bond acceptors (Lipinski definition) is 3. The topological polar surface area (TPSA) is 66.8 Å². The molecule has 3 rings (SSSR count). The summed E-state index contributed by atoms with van der Waals surface area (Å²) in [7, 11) is 0. The summed E-state index contributed by atoms with van der Waals surface area (Å²) in [6.45, 7) is 2.28. The van der Waals surface area contributed by atoms with Gasteiger partial charge in [-0.25, -0.2) is 0 Å². The number of carbonyl (C=O) groups excluding carboxylic acids is 1. The van der Waals surface area contributed by atoms with Crippen molar-refractivity contribution < 1.29 is 19.4 Å². The second-order valence-corrected chi connectivity index (χ2v) is 5.28. The first-order valence-corrected chi connectivity index (χ1v) is 6.46. The summed E-state index contributed by atoms with van der Waals surface area (Å²) in [6, 6.07) is 0. The summed E-state index contributed by atoms with van der Waals surface area (Å²) in [6.07, 6.45) is 4.80. The Morgan fingerprint density at radius 2 is 1.72 bits per heavy atom. The molecule has 1 saturated heterocycles. The van der Waals surface area contributed by atoms with Gasteiger partial charge in [-0.05, 0) is 18.3 Å². The summed E-state index contributed by atoms with van der Waals surface area (Å²) in [5, 5.41) is 9.32. The highest BCUT2D eigenvalue weighted by atomic mass is 16.5. The third-order valence-corrected chi connectivity index (χ3v) is 4.35. The largest absolute Gasteiger partial charge is 0.481 e. The number of rotatable bonds is 2. The highest BCUT2D eigenvalue weighted by Gasteiger charge is 2.52. The van der Waals surface area contributed by atoms with Gasteiger partial charge in [-0.15, -0.1) is 0 Å². The lowest BCUT2D eigenvalue weighted by atomic mass is 9.82. The van der Waals surface area contributed by atoms with Gasteiger partial charge in [0.1, 0.15) is 0 Å². The van der Waals surface area contributed by atoms with Crippen LogP contribution in [0.25, 0.3) is 0 Å². The Kier molecular flexibility index (Phi) is 2.86. The molecule has 2 bridgehead atoms. The smallest absolute Gasteiger partial charge is 0.307 e. The van der Waals surface area contributed by atoms with Crippen molar-refractivity contribution in [2.75, 3.05) is 26.3 Å². The number of nitrogens with zero attached hydrogens (tertiary/aromatic N) is 1. The van der Waals surface area contributed by atoms with Crippen molar-refractivity contribution in [2.45, 2.75) is 6.42 Å². The fraction of sp³-hybridized carbons (Fsp3) is 0.692. The van der Waals surface area contributed by atoms with E-state index in [4.69, 9.17) is 4.74 Å². The van der Waals surface area contributed by atoms with E-state index in [1.165, 1.54) is 0 Å². The van der Waals surface area contributed by atoms with Crippen LogP contribution >= 0.6 is 0 Å². The zero-order valence-electron chi connectivity index (χ0n) is 10.1. The molecule has 4 atom stereocenters. The van der Waals surface area contributed by atoms with Crippen LogP contribution in [0.3, 0.4) is 0 Å². The van der Waals surface area contributed by atoms with Crippen molar-refractivity contribution in [3.05, 3.63) is 12.2 Å². The van der Waals surface area contributed by atoms with Crippen molar-refractivity contribution in [2.24, 2.45) is 23.7 Å². The molecule has 0 aromatic heterocycles. The van der Waals surface area contributed by atoms with Crippen molar-refractivity contribution in [1.29, 1.82) is 0 Å². The third kappa shape index (κ3) is 1.73. The summed E-state index contributed by atoms with van der Waals surface area (Å²) in [5.74, 6) is -1.57. The minimum Gasteiger partial charge on any atom is -0.481 e. The molecule has 5 nitrogen and oxygen atoms in total. The molecule has 0 unspecified atom stereocenters. The van der Waals surface area contributed by atoms with Crippen molar-refractivity contribution in [1.82, 2.24) is 4.90 Å². The summed E-state index contributed by atoms with van der Waals surface area (Å²) in [5.41, 5.74) is 0. The summed E-state index contributed by atoms with van der Waals surface area (Å²) in [4.78, 5) is 25.6. The second kappa shape index (κ2) is 4.39. The summed E-state index contributed by atoms with van der Waals surface area (Å²) >= 11 is 0. The van der Waals surface area contributed by atoms with E-state index >= 15 is 0 Å². The van der Waals surface area contributed by atoms with E-state index in [-0.39, 0.29) is 23.7 Å². The van der Waals surface area contributed by atoms with E-state index in [2.05, 4.69) is 0 Å². The quantitative estimate of drug-likeness (QED) is 0.720. The van der Waals surface area contributed by atoms with Gasteiger partial charge in [-0.1, -0.05) is 12.2 Å². The Balaban J connectivity index is 1.79. The predicted molar refractivity (Wildman–Crippen MR) is 62.8 cm³/mol. The van der Waals surface area contributed by atoms with Crippen LogP contribution in [0.15, 0.2) is 12.2 Å². The van der Waals surface area contributed by atoms with Gasteiger partial charge in [0.05, 0.1) is 25.0 Å². The van der Waals surface area contributed by atoms with Crippen LogP contribution in [0.5, 0.6) is 0 Å². The number of fused-ring (bicyclic) bond motifs is 2. The molecule has 2 fully saturated rings. The van der Waals surface area contributed by atoms with Crippen LogP contribution in [-0.2, 0) is 14.3 Å². The number of amides is 1. The van der Waals surface area contributed by atoms with Gasteiger partial charge in [0.25, 0.3) is 0 Å². The molecule has 0 spiro atoms. The molecule has 1 heterocycles. The SMILES string of the molecule is O=C(O)[C@@H]1[C@H](C(=O)N2CCOCC2)[C@H]2C=C[C@H]1C2. The fourth-order valence-electron chi connectivity index (χ4n) is 3.49. The average Bonchev–Trinajstić information content (AvgIpc) is 2.99. The highest BCUT2D eigenvalue weighted by Crippen LogP contribution is 2.48. The maximum atomic E-state index is 12.5. The molecule has 0 aromatic rings. The highest BCUT2D eigenvalue weighted by molar-refractivity contribution is 5.87. The number of carboxylic acids is 1. The molecule has 1 saturated carbocycles. The van der Waals surface area contributed by atoms with Crippen LogP contribution in [0.1, 0.15) is 6.42 Å². The number of aliphatic carboxylic acids is 1. The molecular formula is C13H17NO4. The van der Waals surface area contributed by atoms with Gasteiger partial charge in [0.15, 0.2) is 0 Å². The van der Waals surface area contributed by atoms with Crippen LogP contribution in [0.2, 0.25) is 0 Å². The number of hydrogen-bond donors (Lipinski definition) is 1. The van der Waals surface area contributed by atoms with E-state index in [0.717, 1.165) is 6.42 Å². The van der Waals surface area contributed by atoms with Crippen molar-refractivity contribution in [3.63, 3.8) is 0 Å². The molecule has 0 aromatic carbocycles. The minimum absolute atomic E-state index is 0.00236. The normalized spacial score (nSPS) is 38.1. The lowest BCUT2D eigenvalue weighted by molar-refractivity contribution is -0.152. The first-order valence-electron chi connectivity index (χ1n) is 6.46. The monoisotopic (exact) mass is 251 g/mol. The van der Waals surface area contributed by atoms with E-state index in [9.17, 15) is 14.7 Å². The zero-order valence-corrected chi connectivity index (χ0v) is 10.1. The molecule has 1 aliphatic heterocycles. The lowest BCUT2D eigenvalue weighted by Gasteiger charge is -2.33. The minimum atomic E-state index is -0.835. The van der Waals surface area contributed by atoms with Gasteiger partial charge >= 0.3 is 5.97 Å². The molecule has 5 heteroatoms. The molecule has 18 heavy (non-hydrogen) atoms. The second-order valence-electron chi connectivity index (χ2n) is 5.28. The van der Waals surface area contributed by atoms with Gasteiger partial charge in [-0.2, -0.15) is 0 Å². The molecule has 3 aliphatic rings. The molecule has 1 N–H and O–H groups in total. The predicted octanol–water partition coefficient (Wildman–Crippen LogP) is 0.368. The number of ether oxygens (including phenoxy) is 1. The number of carbonyl (C=O) groups is 2. The number of carboxylic acid groups (broad SMARTS) is 1. The standard InChI is InChI=1S/C13H17NO4/c15-12(14-3-5-18-6-4-14)10-8-1-2-9(7-8)11(10)13(16)17/h1-2,8-11H,3-7H2,(H,16,17)/t8-,9-,10+,11-/m0/s1. The zero-order chi connectivity index (χ0) is 12.7. The van der Waals surface area contributed by atoms with Gasteiger partial charge in [0, 0.05) is 13.1 Å². The maximum absolute atomic E-state index is 12.5. The molecule has 98 valence electrons. The average molecular weight is 251 g/mol. The molecule has 2 aliphatic carbocycles. The van der Waals surface area contributed by atoms with Crippen LogP contribution in [0, 0.1) is 23.7 Å². The van der Waals surface area contributed by atoms with E-state index < -0.39 is 11.9 Å². The van der Waals surface area contributed by atoms with E-state index in [0.29, 0.717) is 26.3 Å². The van der Waals surface area contributed by atoms with Gasteiger partial charge < -0.3 is 14.7 Å². The van der Waals surface area contributed by atoms with Crippen molar-refractivity contribution >= 4 is 11.9 Å². The van der Waals surface area contributed by atoms with Gasteiger partial charge in [0.2, 0.25) is 5.91 Å². The number of morpholine rings is 1. The Labute approximate surface area is 105 Å².